The van der Waals surface area contributed by atoms with Crippen molar-refractivity contribution in [1.29, 1.82) is 0 Å². The quantitative estimate of drug-likeness (QED) is 0.489. The van der Waals surface area contributed by atoms with E-state index in [1.165, 1.54) is 12.3 Å². The van der Waals surface area contributed by atoms with E-state index < -0.39 is 5.95 Å². The second-order valence-corrected chi connectivity index (χ2v) is 2.38. The molecule has 1 rings (SSSR count). The maximum absolute atomic E-state index is 12.6. The Morgan fingerprint density at radius 1 is 1.62 bits per heavy atom. The third-order valence-corrected chi connectivity index (χ3v) is 1.34. The molecule has 0 unspecified atom stereocenters. The van der Waals surface area contributed by atoms with Crippen LogP contribution in [-0.2, 0) is 0 Å². The molecule has 0 aliphatic rings. The standard InChI is InChI=1S/C9H9FN2O/c10-9-8(11)5-7(6-12-9)3-1-2-4-13/h5-6,13H,2,4,11H2. The van der Waals surface area contributed by atoms with Crippen molar-refractivity contribution in [2.24, 2.45) is 0 Å². The van der Waals surface area contributed by atoms with Crippen molar-refractivity contribution < 1.29 is 9.50 Å². The highest BCUT2D eigenvalue weighted by Gasteiger charge is 1.97. The predicted octanol–water partition coefficient (Wildman–Crippen LogP) is 0.537. The summed E-state index contributed by atoms with van der Waals surface area (Å²) in [5, 5.41) is 8.44. The van der Waals surface area contributed by atoms with Crippen LogP contribution >= 0.6 is 0 Å². The normalized spacial score (nSPS) is 9.08. The lowest BCUT2D eigenvalue weighted by atomic mass is 10.2. The van der Waals surface area contributed by atoms with Gasteiger partial charge >= 0.3 is 0 Å². The summed E-state index contributed by atoms with van der Waals surface area (Å²) >= 11 is 0. The molecular formula is C9H9FN2O. The summed E-state index contributed by atoms with van der Waals surface area (Å²) in [6.45, 7) is 0.0110. The summed E-state index contributed by atoms with van der Waals surface area (Å²) in [7, 11) is 0. The van der Waals surface area contributed by atoms with E-state index in [2.05, 4.69) is 16.8 Å². The van der Waals surface area contributed by atoms with E-state index in [-0.39, 0.29) is 12.3 Å². The van der Waals surface area contributed by atoms with Crippen molar-refractivity contribution >= 4 is 5.69 Å². The SMILES string of the molecule is Nc1cc(C#CCCO)cnc1F. The van der Waals surface area contributed by atoms with E-state index >= 15 is 0 Å². The van der Waals surface area contributed by atoms with Crippen LogP contribution in [-0.4, -0.2) is 16.7 Å². The Morgan fingerprint density at radius 3 is 3.00 bits per heavy atom. The number of aliphatic hydroxyl groups is 1. The van der Waals surface area contributed by atoms with Crippen molar-refractivity contribution in [3.63, 3.8) is 0 Å². The number of aromatic nitrogens is 1. The molecule has 0 aliphatic carbocycles. The molecule has 0 atom stereocenters. The first-order chi connectivity index (χ1) is 6.24. The van der Waals surface area contributed by atoms with Crippen molar-refractivity contribution in [3.8, 4) is 11.8 Å². The van der Waals surface area contributed by atoms with Gasteiger partial charge in [-0.05, 0) is 6.07 Å². The van der Waals surface area contributed by atoms with Gasteiger partial charge in [0.25, 0.3) is 0 Å². The monoisotopic (exact) mass is 180 g/mol. The minimum atomic E-state index is -0.687. The Balaban J connectivity index is 2.81. The average Bonchev–Trinajstić information content (AvgIpc) is 2.12. The van der Waals surface area contributed by atoms with E-state index in [1.54, 1.807) is 0 Å². The van der Waals surface area contributed by atoms with Crippen molar-refractivity contribution in [2.45, 2.75) is 6.42 Å². The van der Waals surface area contributed by atoms with Gasteiger partial charge in [0, 0.05) is 18.2 Å². The van der Waals surface area contributed by atoms with E-state index in [0.717, 1.165) is 0 Å². The highest BCUT2D eigenvalue weighted by atomic mass is 19.1. The molecule has 4 heteroatoms. The van der Waals surface area contributed by atoms with Crippen LogP contribution in [0.2, 0.25) is 0 Å². The second-order valence-electron chi connectivity index (χ2n) is 2.38. The van der Waals surface area contributed by atoms with Crippen LogP contribution in [0.25, 0.3) is 0 Å². The fourth-order valence-electron chi connectivity index (χ4n) is 0.754. The second kappa shape index (κ2) is 4.43. The smallest absolute Gasteiger partial charge is 0.236 e. The highest BCUT2D eigenvalue weighted by Crippen LogP contribution is 2.07. The van der Waals surface area contributed by atoms with E-state index in [1.807, 2.05) is 0 Å². The van der Waals surface area contributed by atoms with E-state index in [0.29, 0.717) is 12.0 Å². The molecule has 0 amide bonds. The van der Waals surface area contributed by atoms with Crippen molar-refractivity contribution in [2.75, 3.05) is 12.3 Å². The van der Waals surface area contributed by atoms with Gasteiger partial charge in [0.05, 0.1) is 12.3 Å². The van der Waals surface area contributed by atoms with Gasteiger partial charge < -0.3 is 10.8 Å². The summed E-state index contributed by atoms with van der Waals surface area (Å²) in [5.41, 5.74) is 5.80. The van der Waals surface area contributed by atoms with Crippen LogP contribution in [0, 0.1) is 17.8 Å². The number of aliphatic hydroxyl groups excluding tert-OH is 1. The number of nitrogen functional groups attached to an aromatic ring is 1. The Morgan fingerprint density at radius 2 is 2.38 bits per heavy atom. The van der Waals surface area contributed by atoms with Crippen LogP contribution in [0.3, 0.4) is 0 Å². The Labute approximate surface area is 75.4 Å². The zero-order valence-corrected chi connectivity index (χ0v) is 6.92. The van der Waals surface area contributed by atoms with Gasteiger partial charge in [0.2, 0.25) is 5.95 Å². The fraction of sp³-hybridized carbons (Fsp3) is 0.222. The number of anilines is 1. The molecule has 0 spiro atoms. The Kier molecular flexibility index (Phi) is 3.23. The number of nitrogens with two attached hydrogens (primary N) is 1. The minimum Gasteiger partial charge on any atom is -0.395 e. The van der Waals surface area contributed by atoms with Gasteiger partial charge in [0.15, 0.2) is 0 Å². The molecule has 1 aromatic rings. The maximum atomic E-state index is 12.6. The molecule has 0 saturated heterocycles. The Bertz CT molecular complexity index is 354. The number of halogens is 1. The topological polar surface area (TPSA) is 59.1 Å². The van der Waals surface area contributed by atoms with Crippen molar-refractivity contribution in [3.05, 3.63) is 23.8 Å². The van der Waals surface area contributed by atoms with Gasteiger partial charge in [-0.25, -0.2) is 4.98 Å². The molecule has 3 nitrogen and oxygen atoms in total. The lowest BCUT2D eigenvalue weighted by Gasteiger charge is -1.94. The fourth-order valence-corrected chi connectivity index (χ4v) is 0.754. The zero-order chi connectivity index (χ0) is 9.68. The maximum Gasteiger partial charge on any atom is 0.236 e. The lowest BCUT2D eigenvalue weighted by molar-refractivity contribution is 0.305. The van der Waals surface area contributed by atoms with E-state index in [9.17, 15) is 4.39 Å². The summed E-state index contributed by atoms with van der Waals surface area (Å²) in [6, 6.07) is 1.41. The largest absolute Gasteiger partial charge is 0.395 e. The van der Waals surface area contributed by atoms with Crippen LogP contribution in [0.5, 0.6) is 0 Å². The third-order valence-electron chi connectivity index (χ3n) is 1.34. The van der Waals surface area contributed by atoms with Crippen LogP contribution in [0.4, 0.5) is 10.1 Å². The third kappa shape index (κ3) is 2.73. The number of pyridine rings is 1. The molecule has 1 aromatic heterocycles. The summed E-state index contributed by atoms with van der Waals surface area (Å²) < 4.78 is 12.6. The first-order valence-corrected chi connectivity index (χ1v) is 3.75. The van der Waals surface area contributed by atoms with Gasteiger partial charge in [-0.15, -0.1) is 0 Å². The highest BCUT2D eigenvalue weighted by molar-refractivity contribution is 5.44. The minimum absolute atomic E-state index is 0.0110. The molecule has 0 aliphatic heterocycles. The number of rotatable bonds is 1. The molecule has 0 aromatic carbocycles. The van der Waals surface area contributed by atoms with Gasteiger partial charge in [-0.1, -0.05) is 11.8 Å². The van der Waals surface area contributed by atoms with Crippen LogP contribution in [0.1, 0.15) is 12.0 Å². The molecule has 68 valence electrons. The van der Waals surface area contributed by atoms with Gasteiger partial charge in [-0.2, -0.15) is 4.39 Å². The number of hydrogen-bond donors (Lipinski definition) is 2. The zero-order valence-electron chi connectivity index (χ0n) is 6.92. The van der Waals surface area contributed by atoms with E-state index in [4.69, 9.17) is 10.8 Å². The summed E-state index contributed by atoms with van der Waals surface area (Å²) in [5.74, 6) is 4.69. The molecule has 0 bridgehead atoms. The van der Waals surface area contributed by atoms with Gasteiger partial charge in [0.1, 0.15) is 0 Å². The number of hydrogen-bond acceptors (Lipinski definition) is 3. The van der Waals surface area contributed by atoms with Crippen LogP contribution in [0.15, 0.2) is 12.3 Å². The molecule has 0 radical (unpaired) electrons. The first-order valence-electron chi connectivity index (χ1n) is 3.75. The average molecular weight is 180 g/mol. The molecular weight excluding hydrogens is 171 g/mol. The summed E-state index contributed by atoms with van der Waals surface area (Å²) in [6.07, 6.45) is 1.69. The van der Waals surface area contributed by atoms with Crippen molar-refractivity contribution in [1.82, 2.24) is 4.98 Å². The lowest BCUT2D eigenvalue weighted by Crippen LogP contribution is -1.94. The number of nitrogens with zero attached hydrogens (tertiary/aromatic N) is 1. The molecule has 1 heterocycles. The predicted molar refractivity (Wildman–Crippen MR) is 47.2 cm³/mol. The van der Waals surface area contributed by atoms with Gasteiger partial charge in [-0.3, -0.25) is 0 Å². The Hall–Kier alpha value is -1.60. The molecule has 3 N–H and O–H groups in total. The first kappa shape index (κ1) is 9.49. The molecule has 0 saturated carbocycles. The summed E-state index contributed by atoms with van der Waals surface area (Å²) in [4.78, 5) is 3.40. The molecule has 13 heavy (non-hydrogen) atoms. The van der Waals surface area contributed by atoms with Crippen LogP contribution < -0.4 is 5.73 Å². The molecule has 0 fully saturated rings.